The van der Waals surface area contributed by atoms with E-state index in [1.54, 1.807) is 11.8 Å². The zero-order valence-electron chi connectivity index (χ0n) is 8.54. The molecule has 0 saturated heterocycles. The van der Waals surface area contributed by atoms with Crippen molar-refractivity contribution < 1.29 is 9.90 Å². The molecule has 13 heavy (non-hydrogen) atoms. The van der Waals surface area contributed by atoms with E-state index >= 15 is 0 Å². The Labute approximate surface area is 84.1 Å². The number of hydrogen-bond acceptors (Lipinski definition) is 2. The van der Waals surface area contributed by atoms with Crippen LogP contribution < -0.4 is 0 Å². The fraction of sp³-hybridized carbons (Fsp3) is 0.900. The minimum absolute atomic E-state index is 0.411. The van der Waals surface area contributed by atoms with Crippen LogP contribution in [0.4, 0.5) is 0 Å². The molecule has 2 unspecified atom stereocenters. The van der Waals surface area contributed by atoms with Gasteiger partial charge in [-0.1, -0.05) is 27.2 Å². The second-order valence-corrected chi connectivity index (χ2v) is 5.56. The molecule has 1 fully saturated rings. The van der Waals surface area contributed by atoms with Crippen molar-refractivity contribution in [1.29, 1.82) is 0 Å². The van der Waals surface area contributed by atoms with E-state index in [4.69, 9.17) is 5.11 Å². The van der Waals surface area contributed by atoms with Crippen LogP contribution in [0.3, 0.4) is 0 Å². The van der Waals surface area contributed by atoms with E-state index < -0.39 is 10.7 Å². The van der Waals surface area contributed by atoms with Gasteiger partial charge >= 0.3 is 5.97 Å². The summed E-state index contributed by atoms with van der Waals surface area (Å²) in [6.07, 6.45) is 1.87. The molecule has 0 bridgehead atoms. The third-order valence-corrected chi connectivity index (χ3v) is 4.60. The molecule has 1 aliphatic carbocycles. The number of carboxylic acid groups (broad SMARTS) is 1. The fourth-order valence-corrected chi connectivity index (χ4v) is 3.07. The van der Waals surface area contributed by atoms with Crippen LogP contribution in [0.15, 0.2) is 0 Å². The van der Waals surface area contributed by atoms with Crippen LogP contribution in [-0.2, 0) is 4.79 Å². The average molecular weight is 202 g/mol. The van der Waals surface area contributed by atoms with Crippen LogP contribution in [-0.4, -0.2) is 21.6 Å². The topological polar surface area (TPSA) is 37.3 Å². The summed E-state index contributed by atoms with van der Waals surface area (Å²) in [5.74, 6) is 1.35. The Kier molecular flexibility index (Phi) is 3.28. The molecule has 0 radical (unpaired) electrons. The van der Waals surface area contributed by atoms with Gasteiger partial charge in [0, 0.05) is 0 Å². The van der Waals surface area contributed by atoms with Gasteiger partial charge in [0.15, 0.2) is 0 Å². The van der Waals surface area contributed by atoms with Gasteiger partial charge in [-0.05, 0) is 24.0 Å². The summed E-state index contributed by atoms with van der Waals surface area (Å²) < 4.78 is -0.418. The van der Waals surface area contributed by atoms with Gasteiger partial charge in [-0.15, -0.1) is 11.8 Å². The van der Waals surface area contributed by atoms with E-state index in [0.717, 1.165) is 18.6 Å². The van der Waals surface area contributed by atoms with Crippen molar-refractivity contribution in [1.82, 2.24) is 0 Å². The zero-order chi connectivity index (χ0) is 10.1. The van der Waals surface area contributed by atoms with E-state index in [1.165, 1.54) is 0 Å². The molecule has 2 nitrogen and oxygen atoms in total. The van der Waals surface area contributed by atoms with Crippen molar-refractivity contribution in [2.75, 3.05) is 5.75 Å². The number of carboxylic acids is 1. The number of aliphatic carboxylic acids is 1. The zero-order valence-corrected chi connectivity index (χ0v) is 9.36. The second kappa shape index (κ2) is 3.91. The molecule has 1 saturated carbocycles. The van der Waals surface area contributed by atoms with Crippen molar-refractivity contribution in [2.45, 2.75) is 38.4 Å². The smallest absolute Gasteiger partial charge is 0.320 e. The fourth-order valence-electron chi connectivity index (χ4n) is 1.60. The highest BCUT2D eigenvalue weighted by molar-refractivity contribution is 8.01. The summed E-state index contributed by atoms with van der Waals surface area (Å²) in [7, 11) is 0. The first kappa shape index (κ1) is 10.9. The first-order valence-corrected chi connectivity index (χ1v) is 5.88. The summed E-state index contributed by atoms with van der Waals surface area (Å²) in [6, 6.07) is 0. The molecule has 0 aromatic heterocycles. The Morgan fingerprint density at radius 2 is 2.31 bits per heavy atom. The third kappa shape index (κ3) is 2.19. The summed E-state index contributed by atoms with van der Waals surface area (Å²) in [5.41, 5.74) is 0. The van der Waals surface area contributed by atoms with Gasteiger partial charge in [0.1, 0.15) is 4.75 Å². The molecule has 1 rings (SSSR count). The van der Waals surface area contributed by atoms with Gasteiger partial charge in [-0.25, -0.2) is 0 Å². The Morgan fingerprint density at radius 1 is 1.69 bits per heavy atom. The van der Waals surface area contributed by atoms with E-state index in [2.05, 4.69) is 20.8 Å². The molecule has 0 amide bonds. The monoisotopic (exact) mass is 202 g/mol. The van der Waals surface area contributed by atoms with Crippen LogP contribution in [0.1, 0.15) is 33.6 Å². The first-order valence-electron chi connectivity index (χ1n) is 4.90. The Morgan fingerprint density at radius 3 is 2.62 bits per heavy atom. The Hall–Kier alpha value is -0.180. The molecular formula is C10H18O2S. The van der Waals surface area contributed by atoms with Crippen LogP contribution >= 0.6 is 11.8 Å². The van der Waals surface area contributed by atoms with Gasteiger partial charge in [0.25, 0.3) is 0 Å². The van der Waals surface area contributed by atoms with E-state index in [-0.39, 0.29) is 0 Å². The SMILES string of the molecule is CCC1CC1(SCC(C)C)C(=O)O. The molecule has 1 aliphatic rings. The Balaban J connectivity index is 2.47. The molecule has 1 N–H and O–H groups in total. The van der Waals surface area contributed by atoms with E-state index in [9.17, 15) is 4.79 Å². The van der Waals surface area contributed by atoms with Crippen LogP contribution in [0.25, 0.3) is 0 Å². The summed E-state index contributed by atoms with van der Waals surface area (Å²) in [4.78, 5) is 11.0. The van der Waals surface area contributed by atoms with Crippen LogP contribution in [0.2, 0.25) is 0 Å². The number of thioether (sulfide) groups is 1. The normalized spacial score (nSPS) is 32.2. The van der Waals surface area contributed by atoms with Crippen molar-refractivity contribution in [3.8, 4) is 0 Å². The van der Waals surface area contributed by atoms with E-state index in [1.807, 2.05) is 0 Å². The maximum Gasteiger partial charge on any atom is 0.320 e. The molecule has 3 heteroatoms. The van der Waals surface area contributed by atoms with Crippen molar-refractivity contribution in [2.24, 2.45) is 11.8 Å². The maximum absolute atomic E-state index is 11.0. The molecule has 0 spiro atoms. The highest BCUT2D eigenvalue weighted by atomic mass is 32.2. The van der Waals surface area contributed by atoms with E-state index in [0.29, 0.717) is 11.8 Å². The van der Waals surface area contributed by atoms with Crippen LogP contribution in [0.5, 0.6) is 0 Å². The highest BCUT2D eigenvalue weighted by Crippen LogP contribution is 2.56. The summed E-state index contributed by atoms with van der Waals surface area (Å²) >= 11 is 1.64. The predicted molar refractivity (Wildman–Crippen MR) is 56.1 cm³/mol. The number of hydrogen-bond donors (Lipinski definition) is 1. The largest absolute Gasteiger partial charge is 0.480 e. The average Bonchev–Trinajstić information content (AvgIpc) is 2.76. The van der Waals surface area contributed by atoms with Gasteiger partial charge in [-0.3, -0.25) is 4.79 Å². The molecule has 0 aromatic carbocycles. The summed E-state index contributed by atoms with van der Waals surface area (Å²) in [6.45, 7) is 6.34. The third-order valence-electron chi connectivity index (χ3n) is 2.58. The molecule has 0 aliphatic heterocycles. The lowest BCUT2D eigenvalue weighted by atomic mass is 10.2. The molecule has 0 heterocycles. The highest BCUT2D eigenvalue weighted by Gasteiger charge is 2.59. The molecule has 2 atom stereocenters. The number of rotatable bonds is 5. The summed E-state index contributed by atoms with van der Waals surface area (Å²) in [5, 5.41) is 9.10. The lowest BCUT2D eigenvalue weighted by molar-refractivity contribution is -0.137. The predicted octanol–water partition coefficient (Wildman–Crippen LogP) is 2.63. The van der Waals surface area contributed by atoms with Gasteiger partial charge in [0.05, 0.1) is 0 Å². The quantitative estimate of drug-likeness (QED) is 0.744. The minimum atomic E-state index is -0.606. The first-order chi connectivity index (χ1) is 6.03. The molecular weight excluding hydrogens is 184 g/mol. The van der Waals surface area contributed by atoms with Crippen molar-refractivity contribution in [3.05, 3.63) is 0 Å². The van der Waals surface area contributed by atoms with Crippen molar-refractivity contribution in [3.63, 3.8) is 0 Å². The minimum Gasteiger partial charge on any atom is -0.480 e. The van der Waals surface area contributed by atoms with Gasteiger partial charge < -0.3 is 5.11 Å². The van der Waals surface area contributed by atoms with Crippen molar-refractivity contribution >= 4 is 17.7 Å². The molecule has 0 aromatic rings. The maximum atomic E-state index is 11.0. The Bertz CT molecular complexity index is 203. The van der Waals surface area contributed by atoms with Crippen LogP contribution in [0, 0.1) is 11.8 Å². The standard InChI is InChI=1S/C10H18O2S/c1-4-8-5-10(8,9(11)12)13-6-7(2)3/h7-8H,4-6H2,1-3H3,(H,11,12). The number of carbonyl (C=O) groups is 1. The lowest BCUT2D eigenvalue weighted by Crippen LogP contribution is -2.22. The second-order valence-electron chi connectivity index (χ2n) is 4.21. The van der Waals surface area contributed by atoms with Gasteiger partial charge in [-0.2, -0.15) is 0 Å². The van der Waals surface area contributed by atoms with Gasteiger partial charge in [0.2, 0.25) is 0 Å². The molecule has 76 valence electrons. The lowest BCUT2D eigenvalue weighted by Gasteiger charge is -2.12.